The molecule has 1 aliphatic rings. The second kappa shape index (κ2) is 10.7. The monoisotopic (exact) mass is 471 g/mol. The SMILES string of the molecule is CCCNC(=O)[C@H](C)N(Cc1ccc(C)cc1)C(=O)CCCN1C(=O)c2cccc3cccc1c23. The van der Waals surface area contributed by atoms with E-state index in [2.05, 4.69) is 5.32 Å². The maximum absolute atomic E-state index is 13.3. The quantitative estimate of drug-likeness (QED) is 0.460. The summed E-state index contributed by atoms with van der Waals surface area (Å²) in [5, 5.41) is 4.93. The Kier molecular flexibility index (Phi) is 7.49. The molecule has 182 valence electrons. The Labute approximate surface area is 206 Å². The highest BCUT2D eigenvalue weighted by Crippen LogP contribution is 2.37. The molecule has 1 aliphatic heterocycles. The third-order valence-corrected chi connectivity index (χ3v) is 6.61. The number of hydrogen-bond donors (Lipinski definition) is 1. The highest BCUT2D eigenvalue weighted by atomic mass is 16.2. The first-order valence-corrected chi connectivity index (χ1v) is 12.4. The Morgan fingerprint density at radius 2 is 1.74 bits per heavy atom. The van der Waals surface area contributed by atoms with E-state index in [1.165, 1.54) is 0 Å². The second-order valence-corrected chi connectivity index (χ2v) is 9.22. The van der Waals surface area contributed by atoms with Gasteiger partial charge < -0.3 is 15.1 Å². The Morgan fingerprint density at radius 3 is 2.46 bits per heavy atom. The number of aryl methyl sites for hydroxylation is 1. The van der Waals surface area contributed by atoms with Crippen molar-refractivity contribution in [2.45, 2.75) is 52.6 Å². The maximum Gasteiger partial charge on any atom is 0.258 e. The zero-order chi connectivity index (χ0) is 24.9. The average molecular weight is 472 g/mol. The summed E-state index contributed by atoms with van der Waals surface area (Å²) in [4.78, 5) is 42.5. The molecule has 0 unspecified atom stereocenters. The van der Waals surface area contributed by atoms with Gasteiger partial charge in [0.25, 0.3) is 5.91 Å². The lowest BCUT2D eigenvalue weighted by Crippen LogP contribution is -2.47. The molecule has 6 heteroatoms. The van der Waals surface area contributed by atoms with Crippen LogP contribution in [-0.4, -0.2) is 41.8 Å². The zero-order valence-corrected chi connectivity index (χ0v) is 20.7. The van der Waals surface area contributed by atoms with Crippen LogP contribution in [0.4, 0.5) is 5.69 Å². The highest BCUT2D eigenvalue weighted by molar-refractivity contribution is 6.25. The Balaban J connectivity index is 1.45. The molecule has 6 nitrogen and oxygen atoms in total. The summed E-state index contributed by atoms with van der Waals surface area (Å²) in [6, 6.07) is 19.1. The van der Waals surface area contributed by atoms with E-state index in [0.29, 0.717) is 31.6 Å². The largest absolute Gasteiger partial charge is 0.354 e. The van der Waals surface area contributed by atoms with Crippen molar-refractivity contribution in [2.75, 3.05) is 18.0 Å². The Bertz CT molecular complexity index is 1230. The number of carbonyl (C=O) groups is 3. The molecule has 0 aromatic heterocycles. The molecule has 3 aromatic carbocycles. The lowest BCUT2D eigenvalue weighted by Gasteiger charge is -2.29. The van der Waals surface area contributed by atoms with Crippen molar-refractivity contribution in [3.8, 4) is 0 Å². The van der Waals surface area contributed by atoms with Gasteiger partial charge in [0.2, 0.25) is 11.8 Å². The predicted octanol–water partition coefficient (Wildman–Crippen LogP) is 4.83. The van der Waals surface area contributed by atoms with E-state index in [0.717, 1.165) is 34.0 Å². The summed E-state index contributed by atoms with van der Waals surface area (Å²) in [6.07, 6.45) is 1.61. The smallest absolute Gasteiger partial charge is 0.258 e. The predicted molar refractivity (Wildman–Crippen MR) is 139 cm³/mol. The third-order valence-electron chi connectivity index (χ3n) is 6.61. The van der Waals surface area contributed by atoms with Crippen molar-refractivity contribution in [3.63, 3.8) is 0 Å². The van der Waals surface area contributed by atoms with Crippen molar-refractivity contribution in [3.05, 3.63) is 77.4 Å². The van der Waals surface area contributed by atoms with Crippen molar-refractivity contribution in [1.82, 2.24) is 10.2 Å². The van der Waals surface area contributed by atoms with Gasteiger partial charge in [0, 0.05) is 37.0 Å². The van der Waals surface area contributed by atoms with Crippen LogP contribution in [0.1, 0.15) is 54.6 Å². The van der Waals surface area contributed by atoms with Crippen molar-refractivity contribution in [1.29, 1.82) is 0 Å². The molecule has 4 rings (SSSR count). The van der Waals surface area contributed by atoms with Gasteiger partial charge in [-0.15, -0.1) is 0 Å². The van der Waals surface area contributed by atoms with E-state index in [9.17, 15) is 14.4 Å². The first-order valence-electron chi connectivity index (χ1n) is 12.4. The van der Waals surface area contributed by atoms with Crippen LogP contribution in [0.3, 0.4) is 0 Å². The molecule has 0 fully saturated rings. The molecule has 1 heterocycles. The highest BCUT2D eigenvalue weighted by Gasteiger charge is 2.30. The van der Waals surface area contributed by atoms with Crippen LogP contribution in [0.5, 0.6) is 0 Å². The fourth-order valence-corrected chi connectivity index (χ4v) is 4.60. The lowest BCUT2D eigenvalue weighted by molar-refractivity contribution is -0.140. The van der Waals surface area contributed by atoms with Crippen LogP contribution in [0, 0.1) is 6.92 Å². The molecule has 0 bridgehead atoms. The van der Waals surface area contributed by atoms with Gasteiger partial charge in [-0.1, -0.05) is 61.0 Å². The molecule has 0 saturated carbocycles. The van der Waals surface area contributed by atoms with E-state index in [1.807, 2.05) is 74.5 Å². The van der Waals surface area contributed by atoms with Gasteiger partial charge in [0.15, 0.2) is 0 Å². The van der Waals surface area contributed by atoms with E-state index >= 15 is 0 Å². The molecule has 0 radical (unpaired) electrons. The van der Waals surface area contributed by atoms with E-state index < -0.39 is 6.04 Å². The number of rotatable bonds is 10. The summed E-state index contributed by atoms with van der Waals surface area (Å²) in [7, 11) is 0. The van der Waals surface area contributed by atoms with Gasteiger partial charge in [0.1, 0.15) is 6.04 Å². The number of benzene rings is 3. The average Bonchev–Trinajstić information content (AvgIpc) is 3.14. The second-order valence-electron chi connectivity index (χ2n) is 9.22. The minimum absolute atomic E-state index is 0.0203. The summed E-state index contributed by atoms with van der Waals surface area (Å²) in [5.74, 6) is -0.260. The van der Waals surface area contributed by atoms with Crippen molar-refractivity contribution in [2.24, 2.45) is 0 Å². The zero-order valence-electron chi connectivity index (χ0n) is 20.7. The number of amides is 3. The van der Waals surface area contributed by atoms with Crippen LogP contribution in [0.25, 0.3) is 10.8 Å². The van der Waals surface area contributed by atoms with Crippen LogP contribution in [-0.2, 0) is 16.1 Å². The Hall–Kier alpha value is -3.67. The molecule has 1 atom stereocenters. The van der Waals surface area contributed by atoms with E-state index in [1.54, 1.807) is 16.7 Å². The fourth-order valence-electron chi connectivity index (χ4n) is 4.60. The number of anilines is 1. The summed E-state index contributed by atoms with van der Waals surface area (Å²) >= 11 is 0. The van der Waals surface area contributed by atoms with Crippen LogP contribution < -0.4 is 10.2 Å². The number of hydrogen-bond acceptors (Lipinski definition) is 3. The van der Waals surface area contributed by atoms with Crippen LogP contribution in [0.15, 0.2) is 60.7 Å². The van der Waals surface area contributed by atoms with Gasteiger partial charge in [-0.25, -0.2) is 0 Å². The van der Waals surface area contributed by atoms with Crippen molar-refractivity contribution >= 4 is 34.2 Å². The van der Waals surface area contributed by atoms with Gasteiger partial charge in [0.05, 0.1) is 5.69 Å². The van der Waals surface area contributed by atoms with Gasteiger partial charge >= 0.3 is 0 Å². The minimum atomic E-state index is -0.582. The molecule has 0 spiro atoms. The molecule has 3 amide bonds. The molecular formula is C29H33N3O3. The standard InChI is InChI=1S/C29H33N3O3/c1-4-17-30-28(34)21(3)32(19-22-15-13-20(2)14-16-22)26(33)12-7-18-31-25-11-6-9-23-8-5-10-24(27(23)25)29(31)35/h5-6,8-11,13-16,21H,4,7,12,17-19H2,1-3H3,(H,30,34)/t21-/m0/s1. The molecular weight excluding hydrogens is 438 g/mol. The van der Waals surface area contributed by atoms with Gasteiger partial charge in [-0.2, -0.15) is 0 Å². The fraction of sp³-hybridized carbons (Fsp3) is 0.345. The van der Waals surface area contributed by atoms with Gasteiger partial charge in [-0.05, 0) is 49.8 Å². The maximum atomic E-state index is 13.3. The normalized spacial score (nSPS) is 13.2. The minimum Gasteiger partial charge on any atom is -0.354 e. The van der Waals surface area contributed by atoms with E-state index in [-0.39, 0.29) is 24.1 Å². The van der Waals surface area contributed by atoms with E-state index in [4.69, 9.17) is 0 Å². The molecule has 35 heavy (non-hydrogen) atoms. The van der Waals surface area contributed by atoms with Crippen molar-refractivity contribution < 1.29 is 14.4 Å². The number of carbonyl (C=O) groups excluding carboxylic acids is 3. The van der Waals surface area contributed by atoms with Gasteiger partial charge in [-0.3, -0.25) is 14.4 Å². The number of nitrogens with zero attached hydrogens (tertiary/aromatic N) is 2. The third kappa shape index (κ3) is 5.21. The molecule has 0 saturated heterocycles. The Morgan fingerprint density at radius 1 is 1.03 bits per heavy atom. The first kappa shape index (κ1) is 24.5. The first-order chi connectivity index (χ1) is 16.9. The summed E-state index contributed by atoms with van der Waals surface area (Å²) in [6.45, 7) is 7.20. The van der Waals surface area contributed by atoms with Crippen LogP contribution in [0.2, 0.25) is 0 Å². The summed E-state index contributed by atoms with van der Waals surface area (Å²) in [5.41, 5.74) is 3.74. The number of nitrogens with one attached hydrogen (secondary N) is 1. The molecule has 1 N–H and O–H groups in total. The molecule has 3 aromatic rings. The molecule has 0 aliphatic carbocycles. The lowest BCUT2D eigenvalue weighted by atomic mass is 10.1. The summed E-state index contributed by atoms with van der Waals surface area (Å²) < 4.78 is 0. The topological polar surface area (TPSA) is 69.7 Å². The van der Waals surface area contributed by atoms with Crippen LogP contribution >= 0.6 is 0 Å².